The lowest BCUT2D eigenvalue weighted by Crippen LogP contribution is -2.36. The normalized spacial score (nSPS) is 38.8. The molecule has 0 spiro atoms. The second-order valence-electron chi connectivity index (χ2n) is 11.0. The summed E-state index contributed by atoms with van der Waals surface area (Å²) >= 11 is 0. The summed E-state index contributed by atoms with van der Waals surface area (Å²) in [5, 5.41) is 20.2. The Balaban J connectivity index is 1.79. The molecule has 3 fully saturated rings. The van der Waals surface area contributed by atoms with E-state index in [1.807, 2.05) is 19.9 Å². The van der Waals surface area contributed by atoms with Gasteiger partial charge in [0.2, 0.25) is 0 Å². The standard InChI is InChI=1S/C27H44O2/c1-19-10-13-23(28)18-22(19)12-11-21-9-7-17-27(5)24(14-15-25(21)27)20(2)8-6-16-26(3,4)29/h11-12,20,23-25,28-29H,1,6-10,13-18H2,2-5H3/b21-11+,22-12-/t20-,23-,24-,25+,27-/m1/s1/i1D2,12D. The molecule has 0 unspecified atom stereocenters. The molecule has 29 heavy (non-hydrogen) atoms. The monoisotopic (exact) mass is 403 g/mol. The van der Waals surface area contributed by atoms with Crippen molar-refractivity contribution >= 4 is 0 Å². The van der Waals surface area contributed by atoms with E-state index in [1.54, 1.807) is 0 Å². The van der Waals surface area contributed by atoms with Crippen LogP contribution >= 0.6 is 0 Å². The first kappa shape index (κ1) is 18.9. The van der Waals surface area contributed by atoms with E-state index in [1.165, 1.54) is 24.8 Å². The van der Waals surface area contributed by atoms with Gasteiger partial charge in [0.15, 0.2) is 0 Å². The lowest BCUT2D eigenvalue weighted by molar-refractivity contribution is 0.0596. The lowest BCUT2D eigenvalue weighted by Gasteiger charge is -2.44. The SMILES string of the molecule is [2H]C([2H])=C1CC[C@@H](O)C/C1=C([2H])/C=C1\CCC[C@]2(C)[C@@H]([C@H](C)CCCC(C)(C)O)CC[C@@H]12. The Hall–Kier alpha value is -0.860. The van der Waals surface area contributed by atoms with E-state index in [9.17, 15) is 10.2 Å². The van der Waals surface area contributed by atoms with Crippen molar-refractivity contribution in [3.05, 3.63) is 35.4 Å². The van der Waals surface area contributed by atoms with E-state index in [-0.39, 0.29) is 11.9 Å². The van der Waals surface area contributed by atoms with Crippen LogP contribution in [0.1, 0.15) is 102 Å². The second-order valence-corrected chi connectivity index (χ2v) is 11.0. The average Bonchev–Trinajstić information content (AvgIpc) is 3.04. The summed E-state index contributed by atoms with van der Waals surface area (Å²) in [6.07, 6.45) is 12.0. The molecule has 0 bridgehead atoms. The highest BCUT2D eigenvalue weighted by molar-refractivity contribution is 5.36. The second kappa shape index (κ2) is 9.10. The quantitative estimate of drug-likeness (QED) is 0.516. The zero-order valence-electron chi connectivity index (χ0n) is 22.1. The number of hydrogen-bond acceptors (Lipinski definition) is 2. The third-order valence-electron chi connectivity index (χ3n) is 8.14. The molecule has 2 heteroatoms. The first-order valence-electron chi connectivity index (χ1n) is 13.4. The van der Waals surface area contributed by atoms with Crippen molar-refractivity contribution in [1.82, 2.24) is 0 Å². The van der Waals surface area contributed by atoms with Gasteiger partial charge in [-0.1, -0.05) is 56.5 Å². The van der Waals surface area contributed by atoms with Gasteiger partial charge in [-0.15, -0.1) is 0 Å². The molecular formula is C27H44O2. The van der Waals surface area contributed by atoms with Crippen LogP contribution in [-0.4, -0.2) is 21.9 Å². The number of aliphatic hydroxyl groups excluding tert-OH is 1. The van der Waals surface area contributed by atoms with Crippen LogP contribution in [-0.2, 0) is 0 Å². The van der Waals surface area contributed by atoms with Crippen molar-refractivity contribution in [3.8, 4) is 0 Å². The van der Waals surface area contributed by atoms with E-state index < -0.39 is 11.7 Å². The van der Waals surface area contributed by atoms with Gasteiger partial charge in [-0.25, -0.2) is 0 Å². The van der Waals surface area contributed by atoms with Crippen molar-refractivity contribution in [2.75, 3.05) is 0 Å². The molecule has 164 valence electrons. The minimum Gasteiger partial charge on any atom is -0.393 e. The van der Waals surface area contributed by atoms with Crippen LogP contribution in [0.3, 0.4) is 0 Å². The minimum atomic E-state index is -0.585. The maximum absolute atomic E-state index is 10.1. The van der Waals surface area contributed by atoms with Gasteiger partial charge in [0.1, 0.15) is 0 Å². The average molecular weight is 404 g/mol. The number of rotatable bonds is 6. The fourth-order valence-electron chi connectivity index (χ4n) is 6.49. The molecule has 0 amide bonds. The van der Waals surface area contributed by atoms with Gasteiger partial charge in [0.05, 0.1) is 15.8 Å². The molecular weight excluding hydrogens is 356 g/mol. The lowest BCUT2D eigenvalue weighted by atomic mass is 9.60. The fraction of sp³-hybridized carbons (Fsp3) is 0.778. The van der Waals surface area contributed by atoms with Crippen LogP contribution in [0.15, 0.2) is 35.4 Å². The molecule has 0 radical (unpaired) electrons. The summed E-state index contributed by atoms with van der Waals surface area (Å²) in [5.41, 5.74) is 2.40. The van der Waals surface area contributed by atoms with Gasteiger partial charge in [0.25, 0.3) is 0 Å². The molecule has 0 heterocycles. The Morgan fingerprint density at radius 3 is 2.86 bits per heavy atom. The highest BCUT2D eigenvalue weighted by Crippen LogP contribution is 2.60. The van der Waals surface area contributed by atoms with Gasteiger partial charge < -0.3 is 10.2 Å². The van der Waals surface area contributed by atoms with Gasteiger partial charge in [-0.3, -0.25) is 0 Å². The maximum Gasteiger partial charge on any atom is 0.0626 e. The van der Waals surface area contributed by atoms with Crippen LogP contribution in [0, 0.1) is 23.2 Å². The maximum atomic E-state index is 10.1. The van der Waals surface area contributed by atoms with Gasteiger partial charge >= 0.3 is 0 Å². The highest BCUT2D eigenvalue weighted by atomic mass is 16.3. The van der Waals surface area contributed by atoms with Crippen molar-refractivity contribution < 1.29 is 14.3 Å². The zero-order chi connectivity index (χ0) is 23.7. The van der Waals surface area contributed by atoms with E-state index >= 15 is 0 Å². The van der Waals surface area contributed by atoms with Crippen molar-refractivity contribution in [2.24, 2.45) is 23.2 Å². The number of allylic oxidation sites excluding steroid dienone is 4. The Morgan fingerprint density at radius 2 is 2.14 bits per heavy atom. The molecule has 0 aromatic rings. The first-order valence-corrected chi connectivity index (χ1v) is 11.9. The van der Waals surface area contributed by atoms with Crippen molar-refractivity contribution in [1.29, 1.82) is 0 Å². The van der Waals surface area contributed by atoms with Crippen molar-refractivity contribution in [2.45, 2.75) is 110 Å². The van der Waals surface area contributed by atoms with Crippen LogP contribution in [0.2, 0.25) is 0 Å². The molecule has 3 saturated carbocycles. The number of fused-ring (bicyclic) bond motifs is 1. The summed E-state index contributed by atoms with van der Waals surface area (Å²) in [5.74, 6) is 1.82. The van der Waals surface area contributed by atoms with Gasteiger partial charge in [-0.05, 0) is 100 Å². The highest BCUT2D eigenvalue weighted by Gasteiger charge is 2.50. The van der Waals surface area contributed by atoms with Gasteiger partial charge in [-0.2, -0.15) is 0 Å². The Labute approximate surface area is 183 Å². The van der Waals surface area contributed by atoms with Crippen LogP contribution < -0.4 is 0 Å². The Bertz CT molecular complexity index is 772. The summed E-state index contributed by atoms with van der Waals surface area (Å²) in [7, 11) is 0. The first-order chi connectivity index (χ1) is 14.9. The van der Waals surface area contributed by atoms with E-state index in [2.05, 4.69) is 13.8 Å². The van der Waals surface area contributed by atoms with E-state index in [0.29, 0.717) is 54.2 Å². The smallest absolute Gasteiger partial charge is 0.0626 e. The molecule has 5 atom stereocenters. The number of aliphatic hydroxyl groups is 2. The molecule has 3 aliphatic rings. The summed E-state index contributed by atoms with van der Waals surface area (Å²) < 4.78 is 24.4. The number of hydrogen-bond donors (Lipinski definition) is 2. The van der Waals surface area contributed by atoms with Crippen molar-refractivity contribution in [3.63, 3.8) is 0 Å². The third kappa shape index (κ3) is 5.44. The summed E-state index contributed by atoms with van der Waals surface area (Å²) in [4.78, 5) is 0. The third-order valence-corrected chi connectivity index (χ3v) is 8.14. The van der Waals surface area contributed by atoms with E-state index in [0.717, 1.165) is 32.1 Å². The molecule has 3 aliphatic carbocycles. The molecule has 0 aliphatic heterocycles. The van der Waals surface area contributed by atoms with Crippen LogP contribution in [0.5, 0.6) is 0 Å². The Morgan fingerprint density at radius 1 is 1.34 bits per heavy atom. The fourth-order valence-corrected chi connectivity index (χ4v) is 6.49. The Kier molecular flexibility index (Phi) is 5.92. The van der Waals surface area contributed by atoms with Gasteiger partial charge in [0, 0.05) is 0 Å². The van der Waals surface area contributed by atoms with Crippen LogP contribution in [0.4, 0.5) is 0 Å². The molecule has 0 saturated heterocycles. The topological polar surface area (TPSA) is 40.5 Å². The summed E-state index contributed by atoms with van der Waals surface area (Å²) in [6, 6.07) is 0.414. The largest absolute Gasteiger partial charge is 0.393 e. The molecule has 0 aromatic heterocycles. The molecule has 0 aromatic carbocycles. The molecule has 3 rings (SSSR count). The zero-order valence-corrected chi connectivity index (χ0v) is 19.1. The molecule has 2 N–H and O–H groups in total. The van der Waals surface area contributed by atoms with E-state index in [4.69, 9.17) is 4.11 Å². The predicted octanol–water partition coefficient (Wildman–Crippen LogP) is 6.73. The summed E-state index contributed by atoms with van der Waals surface area (Å²) in [6.45, 7) is 8.44. The van der Waals surface area contributed by atoms with Crippen LogP contribution in [0.25, 0.3) is 0 Å². The predicted molar refractivity (Wildman–Crippen MR) is 123 cm³/mol. The minimum absolute atomic E-state index is 0.204. The molecule has 2 nitrogen and oxygen atoms in total.